The zero-order valence-corrected chi connectivity index (χ0v) is 19.3. The predicted molar refractivity (Wildman–Crippen MR) is 124 cm³/mol. The van der Waals surface area contributed by atoms with Crippen molar-refractivity contribution < 1.29 is 13.2 Å². The summed E-state index contributed by atoms with van der Waals surface area (Å²) in [5.74, 6) is -0.301. The average Bonchev–Trinajstić information content (AvgIpc) is 2.74. The number of aryl methyl sites for hydroxylation is 1. The van der Waals surface area contributed by atoms with E-state index >= 15 is 0 Å². The van der Waals surface area contributed by atoms with Crippen LogP contribution in [-0.2, 0) is 34.5 Å². The Kier molecular flexibility index (Phi) is 8.23. The number of hydrogen-bond acceptors (Lipinski definition) is 4. The Morgan fingerprint density at radius 1 is 1.00 bits per heavy atom. The highest BCUT2D eigenvalue weighted by Crippen LogP contribution is 2.16. The molecule has 0 spiro atoms. The van der Waals surface area contributed by atoms with Crippen LogP contribution in [-0.4, -0.2) is 49.4 Å². The minimum Gasteiger partial charge on any atom is -0.351 e. The summed E-state index contributed by atoms with van der Waals surface area (Å²) in [5, 5.41) is 2.91. The van der Waals surface area contributed by atoms with Crippen LogP contribution in [0.3, 0.4) is 0 Å². The van der Waals surface area contributed by atoms with Crippen molar-refractivity contribution in [3.63, 3.8) is 0 Å². The number of sulfonamides is 1. The Balaban J connectivity index is 1.59. The average molecular weight is 444 g/mol. The molecule has 0 radical (unpaired) electrons. The fraction of sp³-hybridized carbons (Fsp3) is 0.458. The van der Waals surface area contributed by atoms with Crippen LogP contribution in [0, 0.1) is 6.92 Å². The summed E-state index contributed by atoms with van der Waals surface area (Å²) in [5.41, 5.74) is 4.25. The van der Waals surface area contributed by atoms with Crippen molar-refractivity contribution in [3.05, 3.63) is 70.8 Å². The van der Waals surface area contributed by atoms with E-state index in [1.54, 1.807) is 0 Å². The lowest BCUT2D eigenvalue weighted by molar-refractivity contribution is -0.121. The van der Waals surface area contributed by atoms with Gasteiger partial charge in [0.15, 0.2) is 0 Å². The van der Waals surface area contributed by atoms with Gasteiger partial charge in [0.25, 0.3) is 0 Å². The molecule has 1 aliphatic rings. The molecule has 1 amide bonds. The number of carbonyl (C=O) groups is 1. The lowest BCUT2D eigenvalue weighted by Crippen LogP contribution is -2.39. The zero-order chi connectivity index (χ0) is 22.3. The molecule has 3 rings (SSSR count). The molecule has 1 heterocycles. The van der Waals surface area contributed by atoms with Crippen molar-refractivity contribution in [1.29, 1.82) is 0 Å². The third-order valence-corrected chi connectivity index (χ3v) is 6.90. The van der Waals surface area contributed by atoms with Gasteiger partial charge in [0.2, 0.25) is 15.9 Å². The van der Waals surface area contributed by atoms with Crippen LogP contribution >= 0.6 is 0 Å². The second-order valence-corrected chi connectivity index (χ2v) is 10.4. The fourth-order valence-corrected chi connectivity index (χ4v) is 4.58. The van der Waals surface area contributed by atoms with Gasteiger partial charge in [-0.25, -0.2) is 8.42 Å². The Bertz CT molecular complexity index is 968. The fourth-order valence-electron chi connectivity index (χ4n) is 3.84. The normalized spacial score (nSPS) is 15.2. The van der Waals surface area contributed by atoms with E-state index in [0.29, 0.717) is 6.54 Å². The zero-order valence-electron chi connectivity index (χ0n) is 18.5. The van der Waals surface area contributed by atoms with Crippen molar-refractivity contribution in [3.8, 4) is 0 Å². The third kappa shape index (κ3) is 7.45. The molecule has 0 aliphatic carbocycles. The number of hydrogen-bond donors (Lipinski definition) is 1. The molecule has 1 saturated heterocycles. The summed E-state index contributed by atoms with van der Waals surface area (Å²) >= 11 is 0. The lowest BCUT2D eigenvalue weighted by atomic mass is 10.0. The van der Waals surface area contributed by atoms with E-state index in [1.807, 2.05) is 49.4 Å². The van der Waals surface area contributed by atoms with Crippen LogP contribution < -0.4 is 5.32 Å². The number of nitrogens with zero attached hydrogens (tertiary/aromatic N) is 2. The first-order valence-corrected chi connectivity index (χ1v) is 12.7. The number of amides is 1. The van der Waals surface area contributed by atoms with Gasteiger partial charge in [-0.15, -0.1) is 0 Å². The van der Waals surface area contributed by atoms with Crippen molar-refractivity contribution in [2.45, 2.75) is 45.8 Å². The van der Waals surface area contributed by atoms with Crippen molar-refractivity contribution in [1.82, 2.24) is 14.5 Å². The summed E-state index contributed by atoms with van der Waals surface area (Å²) in [6.45, 7) is 5.47. The molecule has 1 N–H and O–H groups in total. The maximum absolute atomic E-state index is 12.6. The summed E-state index contributed by atoms with van der Waals surface area (Å²) in [6.07, 6.45) is 4.92. The monoisotopic (exact) mass is 443 g/mol. The van der Waals surface area contributed by atoms with E-state index in [9.17, 15) is 13.2 Å². The summed E-state index contributed by atoms with van der Waals surface area (Å²) in [4.78, 5) is 15.0. The predicted octanol–water partition coefficient (Wildman–Crippen LogP) is 3.06. The number of likely N-dealkylation sites (tertiary alicyclic amines) is 1. The molecular weight excluding hydrogens is 410 g/mol. The van der Waals surface area contributed by atoms with Crippen molar-refractivity contribution in [2.24, 2.45) is 0 Å². The number of rotatable bonds is 9. The van der Waals surface area contributed by atoms with E-state index in [1.165, 1.54) is 29.1 Å². The standard InChI is InChI=1S/C24H33N3O3S/c1-20-10-12-21(13-11-20)17-27(31(2,29)30)19-24(28)25-16-22-8-4-5-9-23(22)18-26-14-6-3-7-15-26/h4-5,8-13H,3,6-7,14-19H2,1-2H3,(H,25,28). The number of benzene rings is 2. The molecule has 7 heteroatoms. The molecule has 31 heavy (non-hydrogen) atoms. The van der Waals surface area contributed by atoms with E-state index in [0.717, 1.165) is 42.6 Å². The second kappa shape index (κ2) is 10.9. The van der Waals surface area contributed by atoms with Gasteiger partial charge in [0.1, 0.15) is 0 Å². The van der Waals surface area contributed by atoms with Crippen molar-refractivity contribution in [2.75, 3.05) is 25.9 Å². The lowest BCUT2D eigenvalue weighted by Gasteiger charge is -2.27. The number of piperidine rings is 1. The molecule has 0 aromatic heterocycles. The summed E-state index contributed by atoms with van der Waals surface area (Å²) < 4.78 is 25.7. The van der Waals surface area contributed by atoms with Crippen molar-refractivity contribution >= 4 is 15.9 Å². The molecule has 2 aromatic carbocycles. The smallest absolute Gasteiger partial charge is 0.235 e. The third-order valence-electron chi connectivity index (χ3n) is 5.71. The minimum absolute atomic E-state index is 0.179. The van der Waals surface area contributed by atoms with Gasteiger partial charge in [-0.2, -0.15) is 4.31 Å². The van der Waals surface area contributed by atoms with E-state index in [4.69, 9.17) is 0 Å². The Hall–Kier alpha value is -2.22. The molecule has 0 unspecified atom stereocenters. The van der Waals surface area contributed by atoms with Gasteiger partial charge in [0, 0.05) is 19.6 Å². The Morgan fingerprint density at radius 3 is 2.29 bits per heavy atom. The van der Waals surface area contributed by atoms with Crippen LogP contribution in [0.25, 0.3) is 0 Å². The Morgan fingerprint density at radius 2 is 1.65 bits per heavy atom. The van der Waals surface area contributed by atoms with Crippen LogP contribution in [0.1, 0.15) is 41.5 Å². The maximum Gasteiger partial charge on any atom is 0.235 e. The SMILES string of the molecule is Cc1ccc(CN(CC(=O)NCc2ccccc2CN2CCCCC2)S(C)(=O)=O)cc1. The number of nitrogens with one attached hydrogen (secondary N) is 1. The molecule has 0 saturated carbocycles. The molecule has 1 aliphatic heterocycles. The molecule has 1 fully saturated rings. The largest absolute Gasteiger partial charge is 0.351 e. The molecule has 2 aromatic rings. The van der Waals surface area contributed by atoms with Gasteiger partial charge >= 0.3 is 0 Å². The summed E-state index contributed by atoms with van der Waals surface area (Å²) in [7, 11) is -3.51. The maximum atomic E-state index is 12.6. The van der Waals surface area contributed by atoms with Crippen LogP contribution in [0.15, 0.2) is 48.5 Å². The van der Waals surface area contributed by atoms with E-state index in [-0.39, 0.29) is 19.0 Å². The first-order chi connectivity index (χ1) is 14.8. The topological polar surface area (TPSA) is 69.7 Å². The van der Waals surface area contributed by atoms with E-state index in [2.05, 4.69) is 16.3 Å². The molecule has 0 atom stereocenters. The van der Waals surface area contributed by atoms with E-state index < -0.39 is 10.0 Å². The Labute approximate surface area is 186 Å². The summed E-state index contributed by atoms with van der Waals surface area (Å²) in [6, 6.07) is 15.8. The highest BCUT2D eigenvalue weighted by Gasteiger charge is 2.21. The second-order valence-electron chi connectivity index (χ2n) is 8.40. The van der Waals surface area contributed by atoms with Gasteiger partial charge in [0.05, 0.1) is 12.8 Å². The first-order valence-electron chi connectivity index (χ1n) is 10.9. The first kappa shape index (κ1) is 23.4. The quantitative estimate of drug-likeness (QED) is 0.647. The number of carbonyl (C=O) groups excluding carboxylic acids is 1. The minimum atomic E-state index is -3.51. The van der Waals surface area contributed by atoms with Crippen LogP contribution in [0.4, 0.5) is 0 Å². The van der Waals surface area contributed by atoms with Gasteiger partial charge < -0.3 is 5.32 Å². The molecular formula is C24H33N3O3S. The van der Waals surface area contributed by atoms with Gasteiger partial charge in [-0.05, 0) is 49.5 Å². The van der Waals surface area contributed by atoms with Gasteiger partial charge in [-0.1, -0.05) is 60.5 Å². The molecule has 0 bridgehead atoms. The van der Waals surface area contributed by atoms with Crippen LogP contribution in [0.2, 0.25) is 0 Å². The molecule has 6 nitrogen and oxygen atoms in total. The van der Waals surface area contributed by atoms with Gasteiger partial charge in [-0.3, -0.25) is 9.69 Å². The highest BCUT2D eigenvalue weighted by atomic mass is 32.2. The highest BCUT2D eigenvalue weighted by molar-refractivity contribution is 7.88. The van der Waals surface area contributed by atoms with Crippen LogP contribution in [0.5, 0.6) is 0 Å². The molecule has 168 valence electrons.